The maximum Gasteiger partial charge on any atom is 0.0698 e. The summed E-state index contributed by atoms with van der Waals surface area (Å²) in [5.41, 5.74) is 6.62. The SMILES string of the molecule is COC1CCCN(CCC2(N)CCCCC2)C1. The Morgan fingerprint density at radius 2 is 2.00 bits per heavy atom. The van der Waals surface area contributed by atoms with Crippen LogP contribution < -0.4 is 5.73 Å². The third-order valence-electron chi connectivity index (χ3n) is 4.57. The van der Waals surface area contributed by atoms with E-state index in [4.69, 9.17) is 10.5 Å². The van der Waals surface area contributed by atoms with E-state index in [1.165, 1.54) is 57.9 Å². The van der Waals surface area contributed by atoms with Gasteiger partial charge < -0.3 is 15.4 Å². The number of methoxy groups -OCH3 is 1. The number of piperidine rings is 1. The van der Waals surface area contributed by atoms with Crippen molar-refractivity contribution >= 4 is 0 Å². The van der Waals surface area contributed by atoms with Crippen molar-refractivity contribution in [3.63, 3.8) is 0 Å². The summed E-state index contributed by atoms with van der Waals surface area (Å²) in [5, 5.41) is 0. The molecule has 1 aliphatic heterocycles. The largest absolute Gasteiger partial charge is 0.380 e. The van der Waals surface area contributed by atoms with Gasteiger partial charge in [-0.2, -0.15) is 0 Å². The molecule has 1 heterocycles. The molecule has 0 bridgehead atoms. The van der Waals surface area contributed by atoms with Crippen molar-refractivity contribution in [3.05, 3.63) is 0 Å². The zero-order valence-electron chi connectivity index (χ0n) is 11.3. The zero-order chi connectivity index (χ0) is 12.1. The Kier molecular flexibility index (Phi) is 4.83. The maximum absolute atomic E-state index is 6.49. The maximum atomic E-state index is 6.49. The smallest absolute Gasteiger partial charge is 0.0698 e. The van der Waals surface area contributed by atoms with E-state index in [2.05, 4.69) is 4.90 Å². The highest BCUT2D eigenvalue weighted by Gasteiger charge is 2.28. The minimum Gasteiger partial charge on any atom is -0.380 e. The lowest BCUT2D eigenvalue weighted by atomic mass is 9.80. The number of hydrogen-bond donors (Lipinski definition) is 1. The number of rotatable bonds is 4. The van der Waals surface area contributed by atoms with Crippen LogP contribution in [0, 0.1) is 0 Å². The van der Waals surface area contributed by atoms with Crippen LogP contribution in [0.5, 0.6) is 0 Å². The summed E-state index contributed by atoms with van der Waals surface area (Å²) in [6.45, 7) is 3.50. The summed E-state index contributed by atoms with van der Waals surface area (Å²) in [6, 6.07) is 0. The second kappa shape index (κ2) is 6.17. The van der Waals surface area contributed by atoms with E-state index in [9.17, 15) is 0 Å². The molecule has 2 aliphatic rings. The molecule has 0 aromatic heterocycles. The highest BCUT2D eigenvalue weighted by atomic mass is 16.5. The normalized spacial score (nSPS) is 30.4. The molecule has 1 saturated heterocycles. The molecule has 1 atom stereocenters. The van der Waals surface area contributed by atoms with E-state index in [1.807, 2.05) is 7.11 Å². The summed E-state index contributed by atoms with van der Waals surface area (Å²) < 4.78 is 5.47. The minimum atomic E-state index is 0.137. The Morgan fingerprint density at radius 3 is 2.71 bits per heavy atom. The van der Waals surface area contributed by atoms with Crippen molar-refractivity contribution in [1.82, 2.24) is 4.90 Å². The van der Waals surface area contributed by atoms with Gasteiger partial charge >= 0.3 is 0 Å². The average Bonchev–Trinajstić information content (AvgIpc) is 2.38. The van der Waals surface area contributed by atoms with Gasteiger partial charge in [-0.15, -0.1) is 0 Å². The van der Waals surface area contributed by atoms with Gasteiger partial charge in [-0.3, -0.25) is 0 Å². The van der Waals surface area contributed by atoms with E-state index in [-0.39, 0.29) is 5.54 Å². The first kappa shape index (κ1) is 13.3. The monoisotopic (exact) mass is 240 g/mol. The van der Waals surface area contributed by atoms with Crippen molar-refractivity contribution < 1.29 is 4.74 Å². The summed E-state index contributed by atoms with van der Waals surface area (Å²) in [7, 11) is 1.83. The predicted octanol–water partition coefficient (Wildman–Crippen LogP) is 2.15. The van der Waals surface area contributed by atoms with E-state index in [0.717, 1.165) is 13.1 Å². The van der Waals surface area contributed by atoms with Gasteiger partial charge in [0.15, 0.2) is 0 Å². The van der Waals surface area contributed by atoms with Crippen molar-refractivity contribution in [1.29, 1.82) is 0 Å². The fraction of sp³-hybridized carbons (Fsp3) is 1.00. The second-order valence-electron chi connectivity index (χ2n) is 5.97. The lowest BCUT2D eigenvalue weighted by Gasteiger charge is -2.37. The van der Waals surface area contributed by atoms with Crippen LogP contribution in [0.2, 0.25) is 0 Å². The van der Waals surface area contributed by atoms with Crippen LogP contribution in [0.1, 0.15) is 51.4 Å². The molecule has 0 spiro atoms. The molecule has 2 rings (SSSR count). The van der Waals surface area contributed by atoms with Crippen LogP contribution in [0.4, 0.5) is 0 Å². The molecule has 0 aromatic carbocycles. The molecule has 1 aliphatic carbocycles. The van der Waals surface area contributed by atoms with Crippen LogP contribution in [-0.4, -0.2) is 43.3 Å². The summed E-state index contributed by atoms with van der Waals surface area (Å²) in [5.74, 6) is 0. The van der Waals surface area contributed by atoms with Crippen molar-refractivity contribution in [2.24, 2.45) is 5.73 Å². The summed E-state index contributed by atoms with van der Waals surface area (Å²) in [6.07, 6.45) is 10.6. The van der Waals surface area contributed by atoms with Gasteiger partial charge in [0.1, 0.15) is 0 Å². The Hall–Kier alpha value is -0.120. The molecule has 1 unspecified atom stereocenters. The Bertz CT molecular complexity index is 226. The minimum absolute atomic E-state index is 0.137. The zero-order valence-corrected chi connectivity index (χ0v) is 11.3. The first-order valence-electron chi connectivity index (χ1n) is 7.26. The third-order valence-corrected chi connectivity index (χ3v) is 4.57. The Labute approximate surface area is 106 Å². The standard InChI is InChI=1S/C14H28N2O/c1-17-13-6-5-10-16(12-13)11-9-14(15)7-3-2-4-8-14/h13H,2-12,15H2,1H3. The molecular formula is C14H28N2O. The number of likely N-dealkylation sites (tertiary alicyclic amines) is 1. The van der Waals surface area contributed by atoms with Gasteiger partial charge in [0.25, 0.3) is 0 Å². The Balaban J connectivity index is 1.73. The molecule has 0 aromatic rings. The summed E-state index contributed by atoms with van der Waals surface area (Å²) >= 11 is 0. The fourth-order valence-corrected chi connectivity index (χ4v) is 3.30. The molecule has 3 nitrogen and oxygen atoms in total. The van der Waals surface area contributed by atoms with Gasteiger partial charge in [-0.05, 0) is 45.2 Å². The van der Waals surface area contributed by atoms with Crippen molar-refractivity contribution in [3.8, 4) is 0 Å². The number of nitrogens with two attached hydrogens (primary N) is 1. The van der Waals surface area contributed by atoms with Gasteiger partial charge in [0.2, 0.25) is 0 Å². The lowest BCUT2D eigenvalue weighted by molar-refractivity contribution is 0.0280. The lowest BCUT2D eigenvalue weighted by Crippen LogP contribution is -2.47. The van der Waals surface area contributed by atoms with Crippen LogP contribution >= 0.6 is 0 Å². The third kappa shape index (κ3) is 3.94. The summed E-state index contributed by atoms with van der Waals surface area (Å²) in [4.78, 5) is 2.54. The molecular weight excluding hydrogens is 212 g/mol. The van der Waals surface area contributed by atoms with Gasteiger partial charge in [-0.25, -0.2) is 0 Å². The molecule has 0 amide bonds. The predicted molar refractivity (Wildman–Crippen MR) is 71.1 cm³/mol. The molecule has 17 heavy (non-hydrogen) atoms. The van der Waals surface area contributed by atoms with Crippen LogP contribution in [0.25, 0.3) is 0 Å². The second-order valence-corrected chi connectivity index (χ2v) is 5.97. The molecule has 1 saturated carbocycles. The topological polar surface area (TPSA) is 38.5 Å². The highest BCUT2D eigenvalue weighted by Crippen LogP contribution is 2.29. The van der Waals surface area contributed by atoms with Gasteiger partial charge in [0, 0.05) is 19.2 Å². The quantitative estimate of drug-likeness (QED) is 0.818. The van der Waals surface area contributed by atoms with Gasteiger partial charge in [0.05, 0.1) is 6.10 Å². The number of hydrogen-bond acceptors (Lipinski definition) is 3. The van der Waals surface area contributed by atoms with E-state index >= 15 is 0 Å². The highest BCUT2D eigenvalue weighted by molar-refractivity contribution is 4.88. The molecule has 3 heteroatoms. The number of ether oxygens (including phenoxy) is 1. The first-order chi connectivity index (χ1) is 8.22. The van der Waals surface area contributed by atoms with Crippen LogP contribution in [0.15, 0.2) is 0 Å². The Morgan fingerprint density at radius 1 is 1.24 bits per heavy atom. The molecule has 2 fully saturated rings. The average molecular weight is 240 g/mol. The first-order valence-corrected chi connectivity index (χ1v) is 7.26. The van der Waals surface area contributed by atoms with E-state index in [1.54, 1.807) is 0 Å². The molecule has 2 N–H and O–H groups in total. The molecule has 0 radical (unpaired) electrons. The van der Waals surface area contributed by atoms with Crippen molar-refractivity contribution in [2.45, 2.75) is 63.0 Å². The van der Waals surface area contributed by atoms with Crippen molar-refractivity contribution in [2.75, 3.05) is 26.7 Å². The number of nitrogens with zero attached hydrogens (tertiary/aromatic N) is 1. The van der Waals surface area contributed by atoms with E-state index in [0.29, 0.717) is 6.10 Å². The van der Waals surface area contributed by atoms with Crippen LogP contribution in [-0.2, 0) is 4.74 Å². The molecule has 100 valence electrons. The van der Waals surface area contributed by atoms with Crippen LogP contribution in [0.3, 0.4) is 0 Å². The van der Waals surface area contributed by atoms with Gasteiger partial charge in [-0.1, -0.05) is 19.3 Å². The van der Waals surface area contributed by atoms with E-state index < -0.39 is 0 Å². The fourth-order valence-electron chi connectivity index (χ4n) is 3.30.